The molecule has 1 rings (SSSR count). The number of hydrogen-bond donors (Lipinski definition) is 1. The van der Waals surface area contributed by atoms with E-state index in [2.05, 4.69) is 11.8 Å². The van der Waals surface area contributed by atoms with Crippen LogP contribution in [0.25, 0.3) is 0 Å². The largest absolute Gasteiger partial charge is 0.416 e. The number of halogens is 4. The fourth-order valence-electron chi connectivity index (χ4n) is 1.47. The van der Waals surface area contributed by atoms with Crippen molar-refractivity contribution in [3.8, 4) is 11.8 Å². The predicted octanol–water partition coefficient (Wildman–Crippen LogP) is 3.68. The van der Waals surface area contributed by atoms with Gasteiger partial charge in [-0.15, -0.1) is 11.8 Å². The van der Waals surface area contributed by atoms with E-state index in [0.717, 1.165) is 12.1 Å². The lowest BCUT2D eigenvalue weighted by atomic mass is 10.0. The van der Waals surface area contributed by atoms with Crippen molar-refractivity contribution in [2.45, 2.75) is 32.0 Å². The quantitative estimate of drug-likeness (QED) is 0.649. The third-order valence-electron chi connectivity index (χ3n) is 2.35. The molecule has 0 radical (unpaired) electrons. The third kappa shape index (κ3) is 4.04. The van der Waals surface area contributed by atoms with Gasteiger partial charge in [-0.05, 0) is 37.1 Å². The molecule has 1 unspecified atom stereocenters. The lowest BCUT2D eigenvalue weighted by Crippen LogP contribution is -2.08. The van der Waals surface area contributed by atoms with Crippen molar-refractivity contribution in [2.75, 3.05) is 0 Å². The standard InChI is InChI=1S/C13H12F4O/c1-2-3-4-5-12(18)9-6-10(13(15,16)17)8-11(14)7-9/h6-8,12,18H,4-5H2,1H3. The predicted molar refractivity (Wildman–Crippen MR) is 59.0 cm³/mol. The first-order valence-corrected chi connectivity index (χ1v) is 5.30. The van der Waals surface area contributed by atoms with Crippen molar-refractivity contribution >= 4 is 0 Å². The van der Waals surface area contributed by atoms with Crippen molar-refractivity contribution in [1.82, 2.24) is 0 Å². The van der Waals surface area contributed by atoms with Crippen LogP contribution in [0.2, 0.25) is 0 Å². The van der Waals surface area contributed by atoms with E-state index in [1.807, 2.05) is 0 Å². The minimum atomic E-state index is -4.63. The first kappa shape index (κ1) is 14.5. The van der Waals surface area contributed by atoms with Gasteiger partial charge in [-0.2, -0.15) is 13.2 Å². The Balaban J connectivity index is 2.94. The van der Waals surface area contributed by atoms with Crippen LogP contribution >= 0.6 is 0 Å². The lowest BCUT2D eigenvalue weighted by molar-refractivity contribution is -0.137. The molecule has 1 aromatic carbocycles. The number of rotatable bonds is 3. The van der Waals surface area contributed by atoms with Gasteiger partial charge >= 0.3 is 6.18 Å². The van der Waals surface area contributed by atoms with Crippen molar-refractivity contribution in [1.29, 1.82) is 0 Å². The lowest BCUT2D eigenvalue weighted by Gasteiger charge is -2.13. The van der Waals surface area contributed by atoms with Gasteiger partial charge in [-0.1, -0.05) is 0 Å². The highest BCUT2D eigenvalue weighted by molar-refractivity contribution is 5.28. The van der Waals surface area contributed by atoms with Crippen LogP contribution in [-0.2, 0) is 6.18 Å². The topological polar surface area (TPSA) is 20.2 Å². The molecule has 0 spiro atoms. The molecule has 0 amide bonds. The fourth-order valence-corrected chi connectivity index (χ4v) is 1.47. The van der Waals surface area contributed by atoms with E-state index in [1.54, 1.807) is 6.92 Å². The molecular weight excluding hydrogens is 248 g/mol. The molecule has 0 aliphatic heterocycles. The summed E-state index contributed by atoms with van der Waals surface area (Å²) in [4.78, 5) is 0. The highest BCUT2D eigenvalue weighted by Gasteiger charge is 2.31. The average Bonchev–Trinajstić information content (AvgIpc) is 2.27. The Hall–Kier alpha value is -1.54. The van der Waals surface area contributed by atoms with E-state index in [4.69, 9.17) is 0 Å². The van der Waals surface area contributed by atoms with Crippen molar-refractivity contribution in [2.24, 2.45) is 0 Å². The minimum Gasteiger partial charge on any atom is -0.388 e. The Morgan fingerprint density at radius 1 is 1.28 bits per heavy atom. The van der Waals surface area contributed by atoms with E-state index in [9.17, 15) is 22.7 Å². The second-order valence-electron chi connectivity index (χ2n) is 3.75. The Morgan fingerprint density at radius 2 is 1.94 bits per heavy atom. The van der Waals surface area contributed by atoms with Crippen LogP contribution in [0.1, 0.15) is 37.0 Å². The Kier molecular flexibility index (Phi) is 4.74. The molecule has 0 aromatic heterocycles. The summed E-state index contributed by atoms with van der Waals surface area (Å²) in [5.74, 6) is 4.28. The summed E-state index contributed by atoms with van der Waals surface area (Å²) >= 11 is 0. The first-order chi connectivity index (χ1) is 8.34. The van der Waals surface area contributed by atoms with E-state index in [1.165, 1.54) is 0 Å². The maximum absolute atomic E-state index is 13.1. The van der Waals surface area contributed by atoms with E-state index in [-0.39, 0.29) is 12.0 Å². The van der Waals surface area contributed by atoms with Crippen LogP contribution in [0.15, 0.2) is 18.2 Å². The summed E-state index contributed by atoms with van der Waals surface area (Å²) < 4.78 is 50.4. The Labute approximate surface area is 102 Å². The molecule has 0 aliphatic carbocycles. The first-order valence-electron chi connectivity index (χ1n) is 5.30. The van der Waals surface area contributed by atoms with Gasteiger partial charge in [0.05, 0.1) is 11.7 Å². The van der Waals surface area contributed by atoms with Crippen LogP contribution in [-0.4, -0.2) is 5.11 Å². The number of alkyl halides is 3. The molecule has 5 heteroatoms. The maximum atomic E-state index is 13.1. The molecule has 0 fully saturated rings. The summed E-state index contributed by atoms with van der Waals surface area (Å²) in [7, 11) is 0. The normalized spacial score (nSPS) is 12.8. The molecule has 1 aromatic rings. The molecular formula is C13H12F4O. The Morgan fingerprint density at radius 3 is 2.50 bits per heavy atom. The van der Waals surface area contributed by atoms with Crippen molar-refractivity contribution < 1.29 is 22.7 Å². The van der Waals surface area contributed by atoms with Crippen LogP contribution in [0.3, 0.4) is 0 Å². The van der Waals surface area contributed by atoms with Gasteiger partial charge in [-0.25, -0.2) is 4.39 Å². The second kappa shape index (κ2) is 5.87. The molecule has 0 saturated heterocycles. The van der Waals surface area contributed by atoms with Gasteiger partial charge in [-0.3, -0.25) is 0 Å². The highest BCUT2D eigenvalue weighted by Crippen LogP contribution is 2.32. The van der Waals surface area contributed by atoms with E-state index >= 15 is 0 Å². The zero-order valence-electron chi connectivity index (χ0n) is 9.68. The van der Waals surface area contributed by atoms with Gasteiger partial charge in [0.15, 0.2) is 0 Å². The zero-order chi connectivity index (χ0) is 13.8. The molecule has 0 saturated carbocycles. The van der Waals surface area contributed by atoms with Crippen LogP contribution in [0.4, 0.5) is 17.6 Å². The molecule has 0 bridgehead atoms. The number of benzene rings is 1. The summed E-state index contributed by atoms with van der Waals surface area (Å²) in [6.45, 7) is 1.62. The third-order valence-corrected chi connectivity index (χ3v) is 2.35. The SMILES string of the molecule is CC#CCCC(O)c1cc(F)cc(C(F)(F)F)c1. The number of aliphatic hydroxyl groups excluding tert-OH is 1. The average molecular weight is 260 g/mol. The Bertz CT molecular complexity index is 468. The summed E-state index contributed by atoms with van der Waals surface area (Å²) in [5.41, 5.74) is -1.18. The van der Waals surface area contributed by atoms with E-state index < -0.39 is 23.7 Å². The molecule has 1 atom stereocenters. The van der Waals surface area contributed by atoms with Gasteiger partial charge in [0, 0.05) is 6.42 Å². The summed E-state index contributed by atoms with van der Waals surface area (Å²) in [5, 5.41) is 9.66. The van der Waals surface area contributed by atoms with Gasteiger partial charge < -0.3 is 5.11 Å². The van der Waals surface area contributed by atoms with Crippen LogP contribution in [0, 0.1) is 17.7 Å². The smallest absolute Gasteiger partial charge is 0.388 e. The van der Waals surface area contributed by atoms with E-state index in [0.29, 0.717) is 12.5 Å². The zero-order valence-corrected chi connectivity index (χ0v) is 9.68. The van der Waals surface area contributed by atoms with Gasteiger partial charge in [0.1, 0.15) is 5.82 Å². The maximum Gasteiger partial charge on any atom is 0.416 e. The molecule has 0 heterocycles. The molecule has 1 N–H and O–H groups in total. The van der Waals surface area contributed by atoms with Gasteiger partial charge in [0.2, 0.25) is 0 Å². The van der Waals surface area contributed by atoms with Crippen molar-refractivity contribution in [3.63, 3.8) is 0 Å². The molecule has 0 aliphatic rings. The second-order valence-corrected chi connectivity index (χ2v) is 3.75. The minimum absolute atomic E-state index is 0.0831. The van der Waals surface area contributed by atoms with Crippen LogP contribution in [0.5, 0.6) is 0 Å². The van der Waals surface area contributed by atoms with Crippen molar-refractivity contribution in [3.05, 3.63) is 35.1 Å². The summed E-state index contributed by atoms with van der Waals surface area (Å²) in [6, 6.07) is 2.06. The molecule has 98 valence electrons. The highest BCUT2D eigenvalue weighted by atomic mass is 19.4. The summed E-state index contributed by atoms with van der Waals surface area (Å²) in [6.07, 6.45) is -5.26. The van der Waals surface area contributed by atoms with Gasteiger partial charge in [0.25, 0.3) is 0 Å². The molecule has 1 nitrogen and oxygen atoms in total. The molecule has 18 heavy (non-hydrogen) atoms. The van der Waals surface area contributed by atoms with Crippen LogP contribution < -0.4 is 0 Å². The number of hydrogen-bond acceptors (Lipinski definition) is 1. The number of aliphatic hydroxyl groups is 1. The monoisotopic (exact) mass is 260 g/mol. The fraction of sp³-hybridized carbons (Fsp3) is 0.385.